The van der Waals surface area contributed by atoms with Gasteiger partial charge in [-0.3, -0.25) is 0 Å². The second kappa shape index (κ2) is 5.87. The number of aliphatic hydroxyl groups is 1. The zero-order valence-electron chi connectivity index (χ0n) is 10.6. The maximum atomic E-state index is 13.4. The first-order valence-electron chi connectivity index (χ1n) is 5.84. The molecule has 0 aliphatic carbocycles. The number of anilines is 1. The van der Waals surface area contributed by atoms with E-state index in [0.29, 0.717) is 25.1 Å². The maximum absolute atomic E-state index is 13.4. The molecule has 0 unspecified atom stereocenters. The Morgan fingerprint density at radius 1 is 1.35 bits per heavy atom. The van der Waals surface area contributed by atoms with Crippen LogP contribution in [0.5, 0.6) is 5.75 Å². The van der Waals surface area contributed by atoms with Gasteiger partial charge in [0.25, 0.3) is 0 Å². The first-order valence-corrected chi connectivity index (χ1v) is 5.84. The lowest BCUT2D eigenvalue weighted by molar-refractivity contribution is 0.0457. The normalized spacial score (nSPS) is 11.4. The van der Waals surface area contributed by atoms with Crippen molar-refractivity contribution in [2.24, 2.45) is 0 Å². The number of ether oxygens (including phenoxy) is 1. The Hall–Kier alpha value is -1.29. The Morgan fingerprint density at radius 3 is 2.47 bits per heavy atom. The van der Waals surface area contributed by atoms with E-state index in [1.165, 1.54) is 13.2 Å². The van der Waals surface area contributed by atoms with Crippen LogP contribution in [-0.2, 0) is 0 Å². The second-order valence-corrected chi connectivity index (χ2v) is 4.13. The van der Waals surface area contributed by atoms with Crippen molar-refractivity contribution in [2.45, 2.75) is 32.3 Å². The van der Waals surface area contributed by atoms with Gasteiger partial charge in [0, 0.05) is 18.3 Å². The number of hydrogen-bond donors (Lipinski definition) is 2. The van der Waals surface area contributed by atoms with Crippen molar-refractivity contribution in [3.05, 3.63) is 24.0 Å². The summed E-state index contributed by atoms with van der Waals surface area (Å²) in [5.74, 6) is -0.189. The molecule has 0 amide bonds. The molecular formula is C13H20FNO2. The van der Waals surface area contributed by atoms with Gasteiger partial charge in [-0.15, -0.1) is 0 Å². The van der Waals surface area contributed by atoms with Crippen LogP contribution in [0.2, 0.25) is 0 Å². The molecule has 1 aromatic rings. The molecule has 0 radical (unpaired) electrons. The molecule has 4 heteroatoms. The van der Waals surface area contributed by atoms with Gasteiger partial charge in [0.1, 0.15) is 0 Å². The number of benzene rings is 1. The Labute approximate surface area is 102 Å². The first-order chi connectivity index (χ1) is 8.04. The number of methoxy groups -OCH3 is 1. The fraction of sp³-hybridized carbons (Fsp3) is 0.538. The molecule has 0 aliphatic heterocycles. The summed E-state index contributed by atoms with van der Waals surface area (Å²) in [6, 6.07) is 4.66. The Balaban J connectivity index is 2.67. The second-order valence-electron chi connectivity index (χ2n) is 4.13. The smallest absolute Gasteiger partial charge is 0.167 e. The average Bonchev–Trinajstić information content (AvgIpc) is 2.36. The summed E-state index contributed by atoms with van der Waals surface area (Å²) < 4.78 is 18.2. The van der Waals surface area contributed by atoms with E-state index >= 15 is 0 Å². The van der Waals surface area contributed by atoms with Gasteiger partial charge in [0.05, 0.1) is 12.7 Å². The van der Waals surface area contributed by atoms with Crippen LogP contribution < -0.4 is 10.1 Å². The molecule has 0 aromatic heterocycles. The molecule has 0 bridgehead atoms. The molecule has 17 heavy (non-hydrogen) atoms. The summed E-state index contributed by atoms with van der Waals surface area (Å²) in [6.45, 7) is 4.27. The van der Waals surface area contributed by atoms with Crippen LogP contribution in [0, 0.1) is 5.82 Å². The van der Waals surface area contributed by atoms with Crippen molar-refractivity contribution in [2.75, 3.05) is 19.0 Å². The first kappa shape index (κ1) is 13.8. The lowest BCUT2D eigenvalue weighted by Gasteiger charge is -2.26. The van der Waals surface area contributed by atoms with Crippen molar-refractivity contribution in [3.8, 4) is 5.75 Å². The molecule has 2 N–H and O–H groups in total. The fourth-order valence-electron chi connectivity index (χ4n) is 1.54. The van der Waals surface area contributed by atoms with Crippen molar-refractivity contribution in [1.29, 1.82) is 0 Å². The molecule has 3 nitrogen and oxygen atoms in total. The lowest BCUT2D eigenvalue weighted by atomic mass is 9.97. The molecule has 0 spiro atoms. The van der Waals surface area contributed by atoms with E-state index < -0.39 is 11.4 Å². The number of hydrogen-bond acceptors (Lipinski definition) is 3. The van der Waals surface area contributed by atoms with Gasteiger partial charge in [0.2, 0.25) is 0 Å². The third-order valence-corrected chi connectivity index (χ3v) is 3.09. The monoisotopic (exact) mass is 241 g/mol. The van der Waals surface area contributed by atoms with E-state index in [4.69, 9.17) is 4.74 Å². The highest BCUT2D eigenvalue weighted by atomic mass is 19.1. The average molecular weight is 241 g/mol. The van der Waals surface area contributed by atoms with Crippen LogP contribution >= 0.6 is 0 Å². The van der Waals surface area contributed by atoms with Crippen LogP contribution in [0.25, 0.3) is 0 Å². The zero-order chi connectivity index (χ0) is 12.9. The van der Waals surface area contributed by atoms with Gasteiger partial charge >= 0.3 is 0 Å². The molecular weight excluding hydrogens is 221 g/mol. The highest BCUT2D eigenvalue weighted by molar-refractivity contribution is 5.47. The number of rotatable bonds is 6. The standard InChI is InChI=1S/C13H20FNO2/c1-4-13(16,5-2)9-15-10-6-7-12(17-3)11(14)8-10/h6-8,15-16H,4-5,9H2,1-3H3. The van der Waals surface area contributed by atoms with Gasteiger partial charge in [-0.2, -0.15) is 0 Å². The molecule has 0 fully saturated rings. The van der Waals surface area contributed by atoms with E-state index in [1.807, 2.05) is 13.8 Å². The van der Waals surface area contributed by atoms with Gasteiger partial charge in [-0.1, -0.05) is 13.8 Å². The van der Waals surface area contributed by atoms with Gasteiger partial charge in [0.15, 0.2) is 11.6 Å². The summed E-state index contributed by atoms with van der Waals surface area (Å²) in [5.41, 5.74) is -0.0974. The Kier molecular flexibility index (Phi) is 4.75. The van der Waals surface area contributed by atoms with E-state index in [0.717, 1.165) is 0 Å². The quantitative estimate of drug-likeness (QED) is 0.804. The minimum absolute atomic E-state index is 0.219. The third kappa shape index (κ3) is 3.60. The van der Waals surface area contributed by atoms with Crippen LogP contribution in [0.4, 0.5) is 10.1 Å². The minimum atomic E-state index is -0.740. The Morgan fingerprint density at radius 2 is 2.00 bits per heavy atom. The molecule has 1 rings (SSSR count). The van der Waals surface area contributed by atoms with Gasteiger partial charge < -0.3 is 15.2 Å². The molecule has 0 aliphatic rings. The van der Waals surface area contributed by atoms with E-state index in [2.05, 4.69) is 5.32 Å². The van der Waals surface area contributed by atoms with Crippen molar-refractivity contribution in [1.82, 2.24) is 0 Å². The van der Waals surface area contributed by atoms with Crippen molar-refractivity contribution >= 4 is 5.69 Å². The predicted octanol–water partition coefficient (Wildman–Crippen LogP) is 2.80. The van der Waals surface area contributed by atoms with Gasteiger partial charge in [-0.25, -0.2) is 4.39 Å². The Bertz CT molecular complexity index is 364. The van der Waals surface area contributed by atoms with E-state index in [-0.39, 0.29) is 5.75 Å². The highest BCUT2D eigenvalue weighted by Gasteiger charge is 2.21. The van der Waals surface area contributed by atoms with Crippen LogP contribution in [0.1, 0.15) is 26.7 Å². The zero-order valence-corrected chi connectivity index (χ0v) is 10.6. The summed E-state index contributed by atoms with van der Waals surface area (Å²) >= 11 is 0. The molecule has 1 aromatic carbocycles. The van der Waals surface area contributed by atoms with Crippen LogP contribution in [-0.4, -0.2) is 24.4 Å². The molecule has 0 saturated carbocycles. The van der Waals surface area contributed by atoms with Crippen LogP contribution in [0.3, 0.4) is 0 Å². The number of halogens is 1. The van der Waals surface area contributed by atoms with Crippen molar-refractivity contribution < 1.29 is 14.2 Å². The molecule has 0 saturated heterocycles. The van der Waals surface area contributed by atoms with Gasteiger partial charge in [-0.05, 0) is 25.0 Å². The summed E-state index contributed by atoms with van der Waals surface area (Å²) in [6.07, 6.45) is 1.32. The minimum Gasteiger partial charge on any atom is -0.494 e. The summed E-state index contributed by atoms with van der Waals surface area (Å²) in [4.78, 5) is 0. The summed E-state index contributed by atoms with van der Waals surface area (Å²) in [5, 5.41) is 13.1. The number of nitrogens with one attached hydrogen (secondary N) is 1. The topological polar surface area (TPSA) is 41.5 Å². The molecule has 0 heterocycles. The molecule has 0 atom stereocenters. The maximum Gasteiger partial charge on any atom is 0.167 e. The predicted molar refractivity (Wildman–Crippen MR) is 67.0 cm³/mol. The largest absolute Gasteiger partial charge is 0.494 e. The van der Waals surface area contributed by atoms with Crippen molar-refractivity contribution in [3.63, 3.8) is 0 Å². The highest BCUT2D eigenvalue weighted by Crippen LogP contribution is 2.22. The summed E-state index contributed by atoms with van der Waals surface area (Å²) in [7, 11) is 1.43. The SMILES string of the molecule is CCC(O)(CC)CNc1ccc(OC)c(F)c1. The fourth-order valence-corrected chi connectivity index (χ4v) is 1.54. The van der Waals surface area contributed by atoms with E-state index in [9.17, 15) is 9.50 Å². The van der Waals surface area contributed by atoms with Crippen LogP contribution in [0.15, 0.2) is 18.2 Å². The molecule has 96 valence electrons. The van der Waals surface area contributed by atoms with E-state index in [1.54, 1.807) is 12.1 Å². The lowest BCUT2D eigenvalue weighted by Crippen LogP contribution is -2.35. The third-order valence-electron chi connectivity index (χ3n) is 3.09.